The molecule has 1 amide bonds. The molecule has 1 heterocycles. The second kappa shape index (κ2) is 6.17. The molecule has 1 aromatic heterocycles. The maximum atomic E-state index is 11.9. The second-order valence-electron chi connectivity index (χ2n) is 3.72. The molecular weight excluding hydrogens is 206 g/mol. The van der Waals surface area contributed by atoms with Crippen LogP contribution in [0.5, 0.6) is 0 Å². The highest BCUT2D eigenvalue weighted by atomic mass is 16.3. The van der Waals surface area contributed by atoms with Gasteiger partial charge in [-0.3, -0.25) is 9.78 Å². The van der Waals surface area contributed by atoms with E-state index in [-0.39, 0.29) is 18.6 Å². The van der Waals surface area contributed by atoms with Crippen molar-refractivity contribution < 1.29 is 9.90 Å². The number of aliphatic hydroxyl groups is 1. The van der Waals surface area contributed by atoms with Gasteiger partial charge in [0.25, 0.3) is 5.91 Å². The van der Waals surface area contributed by atoms with Crippen molar-refractivity contribution in [3.63, 3.8) is 0 Å². The monoisotopic (exact) mass is 223 g/mol. The van der Waals surface area contributed by atoms with Crippen LogP contribution in [-0.4, -0.2) is 45.6 Å². The van der Waals surface area contributed by atoms with Gasteiger partial charge in [0.05, 0.1) is 6.20 Å². The Hall–Kier alpha value is -1.49. The molecule has 16 heavy (non-hydrogen) atoms. The quantitative estimate of drug-likeness (QED) is 0.798. The van der Waals surface area contributed by atoms with Gasteiger partial charge in [-0.2, -0.15) is 0 Å². The maximum Gasteiger partial charge on any atom is 0.274 e. The highest BCUT2D eigenvalue weighted by Gasteiger charge is 2.17. The average molecular weight is 223 g/mol. The van der Waals surface area contributed by atoms with Crippen LogP contribution in [0.4, 0.5) is 0 Å². The summed E-state index contributed by atoms with van der Waals surface area (Å²) in [6.45, 7) is 2.10. The predicted molar refractivity (Wildman–Crippen MR) is 59.9 cm³/mol. The first-order valence-corrected chi connectivity index (χ1v) is 5.31. The lowest BCUT2D eigenvalue weighted by molar-refractivity contribution is 0.0724. The van der Waals surface area contributed by atoms with Gasteiger partial charge in [0.1, 0.15) is 5.69 Å². The summed E-state index contributed by atoms with van der Waals surface area (Å²) in [5.41, 5.74) is 0.348. The Balaban J connectivity index is 2.60. The van der Waals surface area contributed by atoms with Crippen molar-refractivity contribution in [2.24, 2.45) is 0 Å². The number of nitrogens with zero attached hydrogens (tertiary/aromatic N) is 3. The van der Waals surface area contributed by atoms with Crippen LogP contribution in [0.25, 0.3) is 0 Å². The summed E-state index contributed by atoms with van der Waals surface area (Å²) in [5, 5.41) is 8.73. The van der Waals surface area contributed by atoms with Gasteiger partial charge in [0.2, 0.25) is 0 Å². The molecule has 0 saturated heterocycles. The van der Waals surface area contributed by atoms with Crippen LogP contribution in [0.1, 0.15) is 30.3 Å². The molecule has 1 N–H and O–H groups in total. The maximum absolute atomic E-state index is 11.9. The molecule has 0 fully saturated rings. The van der Waals surface area contributed by atoms with E-state index in [2.05, 4.69) is 9.97 Å². The van der Waals surface area contributed by atoms with Crippen molar-refractivity contribution in [2.45, 2.75) is 25.8 Å². The van der Waals surface area contributed by atoms with E-state index in [0.717, 1.165) is 6.42 Å². The first-order chi connectivity index (χ1) is 7.66. The van der Waals surface area contributed by atoms with E-state index < -0.39 is 0 Å². The molecule has 0 aromatic carbocycles. The molecule has 0 spiro atoms. The van der Waals surface area contributed by atoms with Crippen molar-refractivity contribution in [3.05, 3.63) is 24.3 Å². The minimum Gasteiger partial charge on any atom is -0.396 e. The number of rotatable bonds is 5. The topological polar surface area (TPSA) is 66.3 Å². The third kappa shape index (κ3) is 3.27. The number of hydrogen-bond donors (Lipinski definition) is 1. The molecule has 1 aromatic rings. The Bertz CT molecular complexity index is 329. The molecule has 0 aliphatic heterocycles. The van der Waals surface area contributed by atoms with Gasteiger partial charge < -0.3 is 10.0 Å². The highest BCUT2D eigenvalue weighted by molar-refractivity contribution is 5.91. The predicted octanol–water partition coefficient (Wildman–Crippen LogP) is 0.710. The van der Waals surface area contributed by atoms with Crippen molar-refractivity contribution in [1.29, 1.82) is 0 Å². The number of carbonyl (C=O) groups is 1. The van der Waals surface area contributed by atoms with Crippen LogP contribution in [0.2, 0.25) is 0 Å². The third-order valence-electron chi connectivity index (χ3n) is 2.54. The number of aromatic nitrogens is 2. The Morgan fingerprint density at radius 3 is 2.88 bits per heavy atom. The van der Waals surface area contributed by atoms with Crippen LogP contribution >= 0.6 is 0 Å². The van der Waals surface area contributed by atoms with Gasteiger partial charge in [0, 0.05) is 32.1 Å². The summed E-state index contributed by atoms with van der Waals surface area (Å²) in [4.78, 5) is 21.4. The van der Waals surface area contributed by atoms with Crippen LogP contribution in [-0.2, 0) is 0 Å². The summed E-state index contributed by atoms with van der Waals surface area (Å²) in [7, 11) is 1.74. The molecule has 88 valence electrons. The first kappa shape index (κ1) is 12.6. The zero-order valence-electron chi connectivity index (χ0n) is 9.63. The van der Waals surface area contributed by atoms with Gasteiger partial charge in [-0.1, -0.05) is 0 Å². The van der Waals surface area contributed by atoms with Crippen molar-refractivity contribution >= 4 is 5.91 Å². The largest absolute Gasteiger partial charge is 0.396 e. The zero-order valence-corrected chi connectivity index (χ0v) is 9.63. The lowest BCUT2D eigenvalue weighted by atomic mass is 10.1. The molecule has 0 radical (unpaired) electrons. The molecule has 1 atom stereocenters. The van der Waals surface area contributed by atoms with E-state index in [1.807, 2.05) is 6.92 Å². The molecule has 1 unspecified atom stereocenters. The smallest absolute Gasteiger partial charge is 0.274 e. The molecule has 0 aliphatic rings. The first-order valence-electron chi connectivity index (χ1n) is 5.31. The molecular formula is C11H17N3O2. The normalized spacial score (nSPS) is 12.2. The van der Waals surface area contributed by atoms with E-state index in [0.29, 0.717) is 12.1 Å². The van der Waals surface area contributed by atoms with Gasteiger partial charge in [-0.25, -0.2) is 4.98 Å². The standard InChI is InChI=1S/C11H17N3O2/c1-9(4-3-7-15)14(2)11(16)10-8-12-5-6-13-10/h5-6,8-9,15H,3-4,7H2,1-2H3. The van der Waals surface area contributed by atoms with Crippen LogP contribution in [0.15, 0.2) is 18.6 Å². The van der Waals surface area contributed by atoms with Crippen molar-refractivity contribution in [3.8, 4) is 0 Å². The summed E-state index contributed by atoms with van der Waals surface area (Å²) >= 11 is 0. The summed E-state index contributed by atoms with van der Waals surface area (Å²) in [6, 6.07) is 0.0849. The number of carbonyl (C=O) groups excluding carboxylic acids is 1. The van der Waals surface area contributed by atoms with Crippen LogP contribution in [0.3, 0.4) is 0 Å². The van der Waals surface area contributed by atoms with Crippen molar-refractivity contribution in [1.82, 2.24) is 14.9 Å². The molecule has 0 aliphatic carbocycles. The Kier molecular flexibility index (Phi) is 4.85. The van der Waals surface area contributed by atoms with E-state index in [1.165, 1.54) is 18.6 Å². The van der Waals surface area contributed by atoms with E-state index in [4.69, 9.17) is 5.11 Å². The van der Waals surface area contributed by atoms with E-state index in [9.17, 15) is 4.79 Å². The number of hydrogen-bond acceptors (Lipinski definition) is 4. The van der Waals surface area contributed by atoms with E-state index in [1.54, 1.807) is 11.9 Å². The Morgan fingerprint density at radius 2 is 2.31 bits per heavy atom. The second-order valence-corrected chi connectivity index (χ2v) is 3.72. The summed E-state index contributed by atoms with van der Waals surface area (Å²) in [6.07, 6.45) is 5.96. The van der Waals surface area contributed by atoms with Crippen LogP contribution in [0, 0.1) is 0 Å². The number of aliphatic hydroxyl groups excluding tert-OH is 1. The third-order valence-corrected chi connectivity index (χ3v) is 2.54. The van der Waals surface area contributed by atoms with Crippen molar-refractivity contribution in [2.75, 3.05) is 13.7 Å². The average Bonchev–Trinajstić information content (AvgIpc) is 2.35. The summed E-state index contributed by atoms with van der Waals surface area (Å²) < 4.78 is 0. The fourth-order valence-corrected chi connectivity index (χ4v) is 1.37. The van der Waals surface area contributed by atoms with Gasteiger partial charge >= 0.3 is 0 Å². The SMILES string of the molecule is CC(CCCO)N(C)C(=O)c1cnccn1. The molecule has 0 saturated carbocycles. The van der Waals surface area contributed by atoms with Gasteiger partial charge in [-0.15, -0.1) is 0 Å². The van der Waals surface area contributed by atoms with Crippen LogP contribution < -0.4 is 0 Å². The highest BCUT2D eigenvalue weighted by Crippen LogP contribution is 2.07. The Labute approximate surface area is 95.1 Å². The fraction of sp³-hybridized carbons (Fsp3) is 0.545. The minimum absolute atomic E-state index is 0.0849. The number of amides is 1. The fourth-order valence-electron chi connectivity index (χ4n) is 1.37. The Morgan fingerprint density at radius 1 is 1.56 bits per heavy atom. The molecule has 1 rings (SSSR count). The molecule has 0 bridgehead atoms. The lowest BCUT2D eigenvalue weighted by Gasteiger charge is -2.24. The van der Waals surface area contributed by atoms with Gasteiger partial charge in [0.15, 0.2) is 0 Å². The van der Waals surface area contributed by atoms with Gasteiger partial charge in [-0.05, 0) is 19.8 Å². The molecule has 5 nitrogen and oxygen atoms in total. The molecule has 5 heteroatoms. The van der Waals surface area contributed by atoms with E-state index >= 15 is 0 Å². The minimum atomic E-state index is -0.140. The lowest BCUT2D eigenvalue weighted by Crippen LogP contribution is -2.35. The summed E-state index contributed by atoms with van der Waals surface area (Å²) in [5.74, 6) is -0.140. The zero-order chi connectivity index (χ0) is 12.0.